The molecule has 3 rings (SSSR count). The summed E-state index contributed by atoms with van der Waals surface area (Å²) in [6, 6.07) is 5.78. The van der Waals surface area contributed by atoms with Gasteiger partial charge in [-0.15, -0.1) is 0 Å². The summed E-state index contributed by atoms with van der Waals surface area (Å²) in [6.45, 7) is 6.87. The van der Waals surface area contributed by atoms with Crippen LogP contribution >= 0.6 is 12.2 Å². The number of hydrogen-bond donors (Lipinski definition) is 2. The number of nitrogens with one attached hydrogen (secondary N) is 2. The Hall–Kier alpha value is -2.15. The molecule has 0 amide bonds. The van der Waals surface area contributed by atoms with Gasteiger partial charge in [0.15, 0.2) is 5.11 Å². The highest BCUT2D eigenvalue weighted by molar-refractivity contribution is 7.80. The number of anilines is 2. The molecule has 1 saturated heterocycles. The van der Waals surface area contributed by atoms with Crippen LogP contribution in [0.25, 0.3) is 0 Å². The molecule has 0 unspecified atom stereocenters. The second-order valence-electron chi connectivity index (χ2n) is 6.27. The van der Waals surface area contributed by atoms with Crippen LogP contribution in [0.15, 0.2) is 28.9 Å². The molecule has 0 bridgehead atoms. The zero-order valence-corrected chi connectivity index (χ0v) is 14.9. The second kappa shape index (κ2) is 7.61. The lowest BCUT2D eigenvalue weighted by Gasteiger charge is -2.32. The maximum atomic E-state index is 5.31. The van der Waals surface area contributed by atoms with E-state index in [1.807, 2.05) is 25.1 Å². The molecule has 2 aromatic rings. The molecular formula is C17H23N5OS. The van der Waals surface area contributed by atoms with E-state index in [2.05, 4.69) is 32.4 Å². The van der Waals surface area contributed by atoms with E-state index < -0.39 is 0 Å². The van der Waals surface area contributed by atoms with Gasteiger partial charge >= 0.3 is 0 Å². The Morgan fingerprint density at radius 1 is 1.46 bits per heavy atom. The van der Waals surface area contributed by atoms with E-state index in [1.54, 1.807) is 6.26 Å². The standard InChI is InChI=1S/C17H23N5OS/c1-12-5-3-7-22(11-12)15-9-13(2)19-16(20-15)21-17(24)18-10-14-6-4-8-23-14/h4,6,8-9,12H,3,5,7,10-11H2,1-2H3,(H2,18,19,20,21,24)/t12-/m0/s1. The first-order valence-electron chi connectivity index (χ1n) is 8.28. The molecule has 7 heteroatoms. The van der Waals surface area contributed by atoms with E-state index in [4.69, 9.17) is 16.6 Å². The van der Waals surface area contributed by atoms with Crippen LogP contribution in [0.1, 0.15) is 31.2 Å². The SMILES string of the molecule is Cc1cc(N2CCC[C@H](C)C2)nc(NC(=S)NCc2ccco2)n1. The predicted molar refractivity (Wildman–Crippen MR) is 99.1 cm³/mol. The van der Waals surface area contributed by atoms with Crippen LogP contribution in [0.2, 0.25) is 0 Å². The summed E-state index contributed by atoms with van der Waals surface area (Å²) >= 11 is 5.31. The van der Waals surface area contributed by atoms with Crippen molar-refractivity contribution in [1.82, 2.24) is 15.3 Å². The van der Waals surface area contributed by atoms with Crippen molar-refractivity contribution in [3.8, 4) is 0 Å². The maximum absolute atomic E-state index is 5.31. The molecule has 0 saturated carbocycles. The molecule has 0 aliphatic carbocycles. The molecular weight excluding hydrogens is 322 g/mol. The molecule has 0 spiro atoms. The lowest BCUT2D eigenvalue weighted by atomic mass is 10.0. The Labute approximate surface area is 147 Å². The highest BCUT2D eigenvalue weighted by Crippen LogP contribution is 2.22. The van der Waals surface area contributed by atoms with Crippen LogP contribution in [0.5, 0.6) is 0 Å². The fraction of sp³-hybridized carbons (Fsp3) is 0.471. The number of piperidine rings is 1. The van der Waals surface area contributed by atoms with Gasteiger partial charge in [-0.25, -0.2) is 4.98 Å². The van der Waals surface area contributed by atoms with Gasteiger partial charge in [0.2, 0.25) is 5.95 Å². The van der Waals surface area contributed by atoms with E-state index in [9.17, 15) is 0 Å². The first-order valence-corrected chi connectivity index (χ1v) is 8.69. The van der Waals surface area contributed by atoms with E-state index in [0.29, 0.717) is 23.5 Å². The zero-order chi connectivity index (χ0) is 16.9. The Bertz CT molecular complexity index is 688. The van der Waals surface area contributed by atoms with Gasteiger partial charge in [0.05, 0.1) is 12.8 Å². The molecule has 24 heavy (non-hydrogen) atoms. The monoisotopic (exact) mass is 345 g/mol. The summed E-state index contributed by atoms with van der Waals surface area (Å²) in [7, 11) is 0. The summed E-state index contributed by atoms with van der Waals surface area (Å²) < 4.78 is 5.27. The topological polar surface area (TPSA) is 66.2 Å². The molecule has 1 fully saturated rings. The van der Waals surface area contributed by atoms with Crippen molar-refractivity contribution in [3.05, 3.63) is 35.9 Å². The normalized spacial score (nSPS) is 17.6. The van der Waals surface area contributed by atoms with Crippen molar-refractivity contribution in [2.24, 2.45) is 5.92 Å². The Kier molecular flexibility index (Phi) is 5.30. The van der Waals surface area contributed by atoms with E-state index in [0.717, 1.165) is 30.4 Å². The minimum Gasteiger partial charge on any atom is -0.467 e. The van der Waals surface area contributed by atoms with Crippen molar-refractivity contribution in [2.75, 3.05) is 23.3 Å². The van der Waals surface area contributed by atoms with E-state index >= 15 is 0 Å². The van der Waals surface area contributed by atoms with Crippen molar-refractivity contribution >= 4 is 29.1 Å². The quantitative estimate of drug-likeness (QED) is 0.825. The molecule has 0 radical (unpaired) electrons. The van der Waals surface area contributed by atoms with Gasteiger partial charge in [0.25, 0.3) is 0 Å². The third kappa shape index (κ3) is 4.44. The van der Waals surface area contributed by atoms with Gasteiger partial charge in [-0.05, 0) is 50.0 Å². The predicted octanol–water partition coefficient (Wildman–Crippen LogP) is 3.10. The van der Waals surface area contributed by atoms with Crippen LogP contribution in [0.3, 0.4) is 0 Å². The average Bonchev–Trinajstić information content (AvgIpc) is 3.06. The van der Waals surface area contributed by atoms with Gasteiger partial charge < -0.3 is 20.0 Å². The zero-order valence-electron chi connectivity index (χ0n) is 14.1. The number of furan rings is 1. The van der Waals surface area contributed by atoms with Crippen LogP contribution in [-0.2, 0) is 6.54 Å². The minimum atomic E-state index is 0.481. The van der Waals surface area contributed by atoms with Gasteiger partial charge in [0, 0.05) is 24.8 Å². The summed E-state index contributed by atoms with van der Waals surface area (Å²) in [5.74, 6) is 3.01. The van der Waals surface area contributed by atoms with E-state index in [-0.39, 0.29) is 0 Å². The fourth-order valence-electron chi connectivity index (χ4n) is 2.89. The molecule has 128 valence electrons. The molecule has 0 aromatic carbocycles. The Balaban J connectivity index is 1.63. The van der Waals surface area contributed by atoms with Gasteiger partial charge in [-0.3, -0.25) is 0 Å². The largest absolute Gasteiger partial charge is 0.467 e. The minimum absolute atomic E-state index is 0.481. The molecule has 3 heterocycles. The molecule has 1 aliphatic heterocycles. The van der Waals surface area contributed by atoms with Crippen LogP contribution in [0.4, 0.5) is 11.8 Å². The third-order valence-electron chi connectivity index (χ3n) is 4.05. The highest BCUT2D eigenvalue weighted by Gasteiger charge is 2.18. The highest BCUT2D eigenvalue weighted by atomic mass is 32.1. The van der Waals surface area contributed by atoms with Crippen molar-refractivity contribution in [1.29, 1.82) is 0 Å². The van der Waals surface area contributed by atoms with E-state index in [1.165, 1.54) is 12.8 Å². The summed E-state index contributed by atoms with van der Waals surface area (Å²) in [4.78, 5) is 11.4. The smallest absolute Gasteiger partial charge is 0.231 e. The number of nitrogens with zero attached hydrogens (tertiary/aromatic N) is 3. The van der Waals surface area contributed by atoms with Crippen LogP contribution in [0, 0.1) is 12.8 Å². The molecule has 1 atom stereocenters. The van der Waals surface area contributed by atoms with Crippen molar-refractivity contribution in [2.45, 2.75) is 33.2 Å². The number of aryl methyl sites for hydroxylation is 1. The number of aromatic nitrogens is 2. The van der Waals surface area contributed by atoms with Crippen LogP contribution < -0.4 is 15.5 Å². The Morgan fingerprint density at radius 2 is 2.33 bits per heavy atom. The lowest BCUT2D eigenvalue weighted by molar-refractivity contribution is 0.444. The first-order chi connectivity index (χ1) is 11.6. The number of thiocarbonyl (C=S) groups is 1. The fourth-order valence-corrected chi connectivity index (χ4v) is 3.06. The van der Waals surface area contributed by atoms with Gasteiger partial charge in [-0.2, -0.15) is 4.98 Å². The van der Waals surface area contributed by atoms with Crippen molar-refractivity contribution < 1.29 is 4.42 Å². The summed E-state index contributed by atoms with van der Waals surface area (Å²) in [5.41, 5.74) is 0.926. The Morgan fingerprint density at radius 3 is 3.08 bits per heavy atom. The first kappa shape index (κ1) is 16.7. The molecule has 2 aromatic heterocycles. The second-order valence-corrected chi connectivity index (χ2v) is 6.68. The summed E-state index contributed by atoms with van der Waals surface area (Å²) in [6.07, 6.45) is 4.13. The lowest BCUT2D eigenvalue weighted by Crippen LogP contribution is -2.35. The van der Waals surface area contributed by atoms with Gasteiger partial charge in [-0.1, -0.05) is 6.92 Å². The molecule has 2 N–H and O–H groups in total. The van der Waals surface area contributed by atoms with Gasteiger partial charge in [0.1, 0.15) is 11.6 Å². The molecule has 1 aliphatic rings. The number of rotatable bonds is 4. The van der Waals surface area contributed by atoms with Crippen LogP contribution in [-0.4, -0.2) is 28.2 Å². The van der Waals surface area contributed by atoms with Crippen molar-refractivity contribution in [3.63, 3.8) is 0 Å². The molecule has 6 nitrogen and oxygen atoms in total. The average molecular weight is 345 g/mol. The summed E-state index contributed by atoms with van der Waals surface area (Å²) in [5, 5.41) is 6.64. The maximum Gasteiger partial charge on any atom is 0.231 e. The number of hydrogen-bond acceptors (Lipinski definition) is 5. The third-order valence-corrected chi connectivity index (χ3v) is 4.30.